The molecule has 2 aliphatic carbocycles. The summed E-state index contributed by atoms with van der Waals surface area (Å²) >= 11 is 0. The molecule has 6 heteroatoms. The van der Waals surface area contributed by atoms with E-state index in [9.17, 15) is 22.0 Å². The number of halogens is 5. The quantitative estimate of drug-likeness (QED) is 0.242. The van der Waals surface area contributed by atoms with Crippen molar-refractivity contribution in [2.45, 2.75) is 115 Å². The van der Waals surface area contributed by atoms with Crippen molar-refractivity contribution in [3.05, 3.63) is 29.8 Å². The molecule has 2 aliphatic rings. The molecule has 0 heterocycles. The zero-order valence-electron chi connectivity index (χ0n) is 19.8. The van der Waals surface area contributed by atoms with Gasteiger partial charge in [0.25, 0.3) is 0 Å². The first-order valence-electron chi connectivity index (χ1n) is 12.9. The van der Waals surface area contributed by atoms with Crippen LogP contribution in [0.25, 0.3) is 0 Å². The van der Waals surface area contributed by atoms with Crippen molar-refractivity contribution in [3.63, 3.8) is 0 Å². The van der Waals surface area contributed by atoms with Crippen LogP contribution in [0.1, 0.15) is 108 Å². The molecule has 0 saturated heterocycles. The molecule has 0 aliphatic heterocycles. The second kappa shape index (κ2) is 11.9. The summed E-state index contributed by atoms with van der Waals surface area (Å²) in [7, 11) is 0. The third-order valence-corrected chi connectivity index (χ3v) is 7.94. The summed E-state index contributed by atoms with van der Waals surface area (Å²) in [5.41, 5.74) is 0.998. The standard InChI is InChI=1S/C27H39F5O/c1-2-3-4-5-20-6-8-21(9-7-20)10-11-22-12-14-23(15-13-22)24-16-18-25(19-17-24)33-27(31,32)26(28,29)30/h16-23H,2-15H2,1H3/t20-,21-,22-,23-. The molecule has 0 amide bonds. The Bertz CT molecular complexity index is 683. The smallest absolute Gasteiger partial charge is 0.426 e. The van der Waals surface area contributed by atoms with Crippen LogP contribution in [0.3, 0.4) is 0 Å². The van der Waals surface area contributed by atoms with Crippen molar-refractivity contribution in [3.8, 4) is 5.75 Å². The topological polar surface area (TPSA) is 9.23 Å². The van der Waals surface area contributed by atoms with E-state index in [2.05, 4.69) is 11.7 Å². The molecule has 1 aromatic rings. The first kappa shape index (κ1) is 26.3. The molecule has 1 nitrogen and oxygen atoms in total. The van der Waals surface area contributed by atoms with Gasteiger partial charge in [-0.3, -0.25) is 0 Å². The van der Waals surface area contributed by atoms with Crippen LogP contribution < -0.4 is 4.74 Å². The van der Waals surface area contributed by atoms with Crippen LogP contribution >= 0.6 is 0 Å². The lowest BCUT2D eigenvalue weighted by Gasteiger charge is -2.32. The van der Waals surface area contributed by atoms with Crippen molar-refractivity contribution < 1.29 is 26.7 Å². The molecule has 1 aromatic carbocycles. The molecule has 0 unspecified atom stereocenters. The van der Waals surface area contributed by atoms with Crippen molar-refractivity contribution in [1.82, 2.24) is 0 Å². The van der Waals surface area contributed by atoms with E-state index in [0.717, 1.165) is 36.2 Å². The lowest BCUT2D eigenvalue weighted by molar-refractivity contribution is -0.360. The second-order valence-electron chi connectivity index (χ2n) is 10.4. The van der Waals surface area contributed by atoms with Gasteiger partial charge in [-0.15, -0.1) is 0 Å². The van der Waals surface area contributed by atoms with Gasteiger partial charge >= 0.3 is 12.3 Å². The molecule has 33 heavy (non-hydrogen) atoms. The van der Waals surface area contributed by atoms with Gasteiger partial charge in [0.1, 0.15) is 5.75 Å². The number of rotatable bonds is 10. The maximum absolute atomic E-state index is 13.1. The highest BCUT2D eigenvalue weighted by atomic mass is 19.4. The summed E-state index contributed by atoms with van der Waals surface area (Å²) in [5, 5.41) is 0. The lowest BCUT2D eigenvalue weighted by Crippen LogP contribution is -2.41. The first-order chi connectivity index (χ1) is 15.7. The minimum atomic E-state index is -5.72. The summed E-state index contributed by atoms with van der Waals surface area (Å²) in [5.74, 6) is 2.50. The van der Waals surface area contributed by atoms with Crippen LogP contribution in [0.2, 0.25) is 0 Å². The monoisotopic (exact) mass is 474 g/mol. The fourth-order valence-electron chi connectivity index (χ4n) is 5.76. The highest BCUT2D eigenvalue weighted by Gasteiger charge is 2.61. The average Bonchev–Trinajstić information content (AvgIpc) is 2.79. The molecular formula is C27H39F5O. The molecule has 0 aromatic heterocycles. The number of hydrogen-bond donors (Lipinski definition) is 0. The second-order valence-corrected chi connectivity index (χ2v) is 10.4. The van der Waals surface area contributed by atoms with Crippen LogP contribution in [-0.4, -0.2) is 12.3 Å². The largest absolute Gasteiger partial charge is 0.499 e. The van der Waals surface area contributed by atoms with E-state index in [-0.39, 0.29) is 0 Å². The fourth-order valence-corrected chi connectivity index (χ4v) is 5.76. The van der Waals surface area contributed by atoms with Crippen molar-refractivity contribution in [2.75, 3.05) is 0 Å². The van der Waals surface area contributed by atoms with Crippen molar-refractivity contribution >= 4 is 0 Å². The summed E-state index contributed by atoms with van der Waals surface area (Å²) in [4.78, 5) is 0. The van der Waals surface area contributed by atoms with E-state index >= 15 is 0 Å². The average molecular weight is 475 g/mol. The molecule has 2 fully saturated rings. The summed E-state index contributed by atoms with van der Waals surface area (Å²) in [6.07, 6.45) is 7.28. The van der Waals surface area contributed by atoms with E-state index in [1.54, 1.807) is 12.1 Å². The van der Waals surface area contributed by atoms with Gasteiger partial charge in [0, 0.05) is 0 Å². The first-order valence-corrected chi connectivity index (χ1v) is 12.9. The van der Waals surface area contributed by atoms with Crippen LogP contribution in [0, 0.1) is 17.8 Å². The van der Waals surface area contributed by atoms with Gasteiger partial charge in [0.15, 0.2) is 0 Å². The zero-order valence-corrected chi connectivity index (χ0v) is 19.8. The van der Waals surface area contributed by atoms with E-state index in [4.69, 9.17) is 0 Å². The number of benzene rings is 1. The normalized spacial score (nSPS) is 26.8. The highest BCUT2D eigenvalue weighted by molar-refractivity contribution is 5.30. The van der Waals surface area contributed by atoms with Gasteiger partial charge in [-0.05, 0) is 67.1 Å². The van der Waals surface area contributed by atoms with Gasteiger partial charge < -0.3 is 4.74 Å². The van der Waals surface area contributed by atoms with Crippen molar-refractivity contribution in [2.24, 2.45) is 17.8 Å². The molecule has 0 spiro atoms. The van der Waals surface area contributed by atoms with E-state index in [1.807, 2.05) is 0 Å². The minimum Gasteiger partial charge on any atom is -0.426 e. The molecule has 0 N–H and O–H groups in total. The Kier molecular flexibility index (Phi) is 9.46. The molecule has 3 rings (SSSR count). The lowest BCUT2D eigenvalue weighted by atomic mass is 9.74. The number of unbranched alkanes of at least 4 members (excludes halogenated alkanes) is 2. The predicted octanol–water partition coefficient (Wildman–Crippen LogP) is 9.66. The summed E-state index contributed by atoms with van der Waals surface area (Å²) < 4.78 is 66.9. The van der Waals surface area contributed by atoms with Gasteiger partial charge in [-0.2, -0.15) is 22.0 Å². The van der Waals surface area contributed by atoms with Crippen LogP contribution in [-0.2, 0) is 0 Å². The van der Waals surface area contributed by atoms with Gasteiger partial charge in [-0.25, -0.2) is 0 Å². The van der Waals surface area contributed by atoms with Gasteiger partial charge in [0.2, 0.25) is 0 Å². The third-order valence-electron chi connectivity index (χ3n) is 7.94. The molecule has 0 radical (unpaired) electrons. The predicted molar refractivity (Wildman–Crippen MR) is 122 cm³/mol. The molecular weight excluding hydrogens is 435 g/mol. The summed E-state index contributed by atoms with van der Waals surface area (Å²) in [6, 6.07) is 5.71. The fraction of sp³-hybridized carbons (Fsp3) is 0.778. The van der Waals surface area contributed by atoms with Gasteiger partial charge in [0.05, 0.1) is 0 Å². The molecule has 188 valence electrons. The summed E-state index contributed by atoms with van der Waals surface area (Å²) in [6.45, 7) is 2.27. The molecule has 2 saturated carbocycles. The maximum Gasteiger partial charge on any atom is 0.499 e. The molecule has 0 bridgehead atoms. The number of ether oxygens (including phenoxy) is 1. The minimum absolute atomic E-state index is 0.344. The Morgan fingerprint density at radius 1 is 0.697 bits per heavy atom. The van der Waals surface area contributed by atoms with Crippen LogP contribution in [0.5, 0.6) is 5.75 Å². The highest BCUT2D eigenvalue weighted by Crippen LogP contribution is 2.41. The van der Waals surface area contributed by atoms with E-state index in [1.165, 1.54) is 89.2 Å². The Morgan fingerprint density at radius 2 is 1.18 bits per heavy atom. The Balaban J connectivity index is 1.35. The van der Waals surface area contributed by atoms with E-state index < -0.39 is 18.0 Å². The van der Waals surface area contributed by atoms with Gasteiger partial charge in [-0.1, -0.05) is 83.3 Å². The maximum atomic E-state index is 13.1. The van der Waals surface area contributed by atoms with Crippen LogP contribution in [0.15, 0.2) is 24.3 Å². The Labute approximate surface area is 195 Å². The van der Waals surface area contributed by atoms with E-state index in [0.29, 0.717) is 5.92 Å². The number of alkyl halides is 5. The number of hydrogen-bond acceptors (Lipinski definition) is 1. The third kappa shape index (κ3) is 7.85. The van der Waals surface area contributed by atoms with Crippen molar-refractivity contribution in [1.29, 1.82) is 0 Å². The zero-order chi connectivity index (χ0) is 23.9. The molecule has 0 atom stereocenters. The SMILES string of the molecule is CCCCC[C@H]1CC[C@H](CC[C@H]2CC[C@H](c3ccc(OC(F)(F)C(F)(F)F)cc3)CC2)CC1. The van der Waals surface area contributed by atoms with Crippen LogP contribution in [0.4, 0.5) is 22.0 Å². The Hall–Kier alpha value is -1.33. The Morgan fingerprint density at radius 3 is 1.67 bits per heavy atom.